The summed E-state index contributed by atoms with van der Waals surface area (Å²) < 4.78 is 20.4. The topological polar surface area (TPSA) is 49.9 Å². The first-order valence-electron chi connectivity index (χ1n) is 12.2. The highest BCUT2D eigenvalue weighted by atomic mass is 19.1. The first kappa shape index (κ1) is 23.3. The van der Waals surface area contributed by atoms with Gasteiger partial charge in [-0.2, -0.15) is 0 Å². The van der Waals surface area contributed by atoms with Gasteiger partial charge in [0, 0.05) is 25.2 Å². The molecule has 33 heavy (non-hydrogen) atoms. The molecular weight excluding hydrogens is 419 g/mol. The number of amides is 2. The van der Waals surface area contributed by atoms with Crippen molar-refractivity contribution in [2.75, 3.05) is 19.6 Å². The lowest BCUT2D eigenvalue weighted by Gasteiger charge is -2.40. The van der Waals surface area contributed by atoms with Crippen LogP contribution in [0.1, 0.15) is 72.6 Å². The third-order valence-electron chi connectivity index (χ3n) is 6.65. The molecular formula is C27H33FN2O3. The Morgan fingerprint density at radius 1 is 1.03 bits per heavy atom. The largest absolute Gasteiger partial charge is 0.487 e. The molecule has 1 fully saturated rings. The van der Waals surface area contributed by atoms with Gasteiger partial charge in [-0.15, -0.1) is 0 Å². The first-order chi connectivity index (χ1) is 16.1. The SMILES string of the molecule is CCCN1CCCCN(C(=O)c2cccc(F)c2)[C@@H]2CCCC[C@@H]2Oc2ccccc2C1=O. The number of nitrogens with zero attached hydrogens (tertiary/aromatic N) is 2. The molecule has 0 radical (unpaired) electrons. The lowest BCUT2D eigenvalue weighted by molar-refractivity contribution is 0.0258. The molecule has 176 valence electrons. The van der Waals surface area contributed by atoms with Gasteiger partial charge in [-0.05, 0) is 68.9 Å². The Bertz CT molecular complexity index is 979. The molecule has 2 aliphatic rings. The van der Waals surface area contributed by atoms with E-state index in [0.717, 1.165) is 44.9 Å². The van der Waals surface area contributed by atoms with E-state index in [-0.39, 0.29) is 24.0 Å². The highest BCUT2D eigenvalue weighted by Crippen LogP contribution is 2.31. The molecule has 2 atom stereocenters. The molecule has 2 aromatic carbocycles. The molecule has 0 spiro atoms. The zero-order valence-corrected chi connectivity index (χ0v) is 19.3. The Kier molecular flexibility index (Phi) is 7.63. The van der Waals surface area contributed by atoms with E-state index < -0.39 is 5.82 Å². The highest BCUT2D eigenvalue weighted by Gasteiger charge is 2.36. The van der Waals surface area contributed by atoms with Crippen LogP contribution < -0.4 is 4.74 Å². The van der Waals surface area contributed by atoms with Gasteiger partial charge in [0.05, 0.1) is 11.6 Å². The van der Waals surface area contributed by atoms with Crippen molar-refractivity contribution in [1.29, 1.82) is 0 Å². The third kappa shape index (κ3) is 5.37. The van der Waals surface area contributed by atoms with Crippen molar-refractivity contribution in [3.05, 3.63) is 65.5 Å². The zero-order valence-electron chi connectivity index (χ0n) is 19.3. The molecule has 2 amide bonds. The van der Waals surface area contributed by atoms with Gasteiger partial charge < -0.3 is 14.5 Å². The Balaban J connectivity index is 1.69. The number of ether oxygens (including phenoxy) is 1. The zero-order chi connectivity index (χ0) is 23.2. The lowest BCUT2D eigenvalue weighted by atomic mass is 9.90. The maximum absolute atomic E-state index is 13.9. The van der Waals surface area contributed by atoms with Crippen molar-refractivity contribution in [1.82, 2.24) is 9.80 Å². The number of fused-ring (bicyclic) bond motifs is 2. The summed E-state index contributed by atoms with van der Waals surface area (Å²) in [5.74, 6) is 0.0310. The fraction of sp³-hybridized carbons (Fsp3) is 0.481. The second-order valence-corrected chi connectivity index (χ2v) is 9.01. The third-order valence-corrected chi connectivity index (χ3v) is 6.65. The quantitative estimate of drug-likeness (QED) is 0.635. The molecule has 1 aliphatic heterocycles. The minimum atomic E-state index is -0.408. The van der Waals surface area contributed by atoms with Crippen molar-refractivity contribution in [2.45, 2.75) is 64.0 Å². The first-order valence-corrected chi connectivity index (χ1v) is 12.2. The molecule has 5 nitrogen and oxygen atoms in total. The average Bonchev–Trinajstić information content (AvgIpc) is 2.83. The number of benzene rings is 2. The number of rotatable bonds is 3. The fourth-order valence-corrected chi connectivity index (χ4v) is 5.03. The molecule has 0 aromatic heterocycles. The molecule has 1 heterocycles. The molecule has 0 bridgehead atoms. The summed E-state index contributed by atoms with van der Waals surface area (Å²) in [5, 5.41) is 0. The van der Waals surface area contributed by atoms with Crippen LogP contribution in [-0.2, 0) is 0 Å². The molecule has 0 N–H and O–H groups in total. The van der Waals surface area contributed by atoms with E-state index >= 15 is 0 Å². The molecule has 0 saturated heterocycles. The van der Waals surface area contributed by atoms with Gasteiger partial charge in [0.2, 0.25) is 0 Å². The second kappa shape index (κ2) is 10.8. The van der Waals surface area contributed by atoms with Gasteiger partial charge in [-0.1, -0.05) is 31.5 Å². The summed E-state index contributed by atoms with van der Waals surface area (Å²) in [6.07, 6.45) is 5.94. The van der Waals surface area contributed by atoms with E-state index in [0.29, 0.717) is 36.5 Å². The maximum atomic E-state index is 13.9. The van der Waals surface area contributed by atoms with Gasteiger partial charge in [-0.25, -0.2) is 4.39 Å². The Morgan fingerprint density at radius 3 is 2.64 bits per heavy atom. The van der Waals surface area contributed by atoms with Crippen LogP contribution in [0.2, 0.25) is 0 Å². The van der Waals surface area contributed by atoms with Gasteiger partial charge in [0.15, 0.2) is 0 Å². The smallest absolute Gasteiger partial charge is 0.257 e. The van der Waals surface area contributed by atoms with E-state index in [1.54, 1.807) is 12.1 Å². The minimum absolute atomic E-state index is 0.00748. The predicted octanol–water partition coefficient (Wildman–Crippen LogP) is 5.30. The summed E-state index contributed by atoms with van der Waals surface area (Å²) >= 11 is 0. The van der Waals surface area contributed by atoms with Gasteiger partial charge in [0.1, 0.15) is 17.7 Å². The molecule has 1 aliphatic carbocycles. The molecule has 2 aromatic rings. The van der Waals surface area contributed by atoms with Crippen LogP contribution in [-0.4, -0.2) is 53.4 Å². The average molecular weight is 453 g/mol. The molecule has 4 rings (SSSR count). The summed E-state index contributed by atoms with van der Waals surface area (Å²) in [4.78, 5) is 30.7. The fourth-order valence-electron chi connectivity index (χ4n) is 5.03. The summed E-state index contributed by atoms with van der Waals surface area (Å²) in [6, 6.07) is 13.3. The summed E-state index contributed by atoms with van der Waals surface area (Å²) in [5.41, 5.74) is 0.952. The van der Waals surface area contributed by atoms with E-state index in [4.69, 9.17) is 4.74 Å². The lowest BCUT2D eigenvalue weighted by Crippen LogP contribution is -2.51. The molecule has 0 unspecified atom stereocenters. The van der Waals surface area contributed by atoms with E-state index in [9.17, 15) is 14.0 Å². The normalized spacial score (nSPS) is 21.8. The van der Waals surface area contributed by atoms with Crippen molar-refractivity contribution in [3.63, 3.8) is 0 Å². The number of carbonyl (C=O) groups excluding carboxylic acids is 2. The van der Waals surface area contributed by atoms with Crippen LogP contribution in [0, 0.1) is 5.82 Å². The maximum Gasteiger partial charge on any atom is 0.257 e. The minimum Gasteiger partial charge on any atom is -0.487 e. The number of para-hydroxylation sites is 1. The van der Waals surface area contributed by atoms with E-state index in [2.05, 4.69) is 6.92 Å². The van der Waals surface area contributed by atoms with Crippen LogP contribution in [0.15, 0.2) is 48.5 Å². The van der Waals surface area contributed by atoms with Crippen molar-refractivity contribution < 1.29 is 18.7 Å². The summed E-state index contributed by atoms with van der Waals surface area (Å²) in [6.45, 7) is 3.95. The second-order valence-electron chi connectivity index (χ2n) is 9.01. The van der Waals surface area contributed by atoms with E-state index in [1.807, 2.05) is 34.1 Å². The number of halogens is 1. The van der Waals surface area contributed by atoms with E-state index in [1.165, 1.54) is 12.1 Å². The highest BCUT2D eigenvalue weighted by molar-refractivity contribution is 5.97. The Hall–Kier alpha value is -2.89. The Labute approximate surface area is 195 Å². The van der Waals surface area contributed by atoms with Crippen LogP contribution in [0.3, 0.4) is 0 Å². The van der Waals surface area contributed by atoms with Gasteiger partial charge >= 0.3 is 0 Å². The predicted molar refractivity (Wildman–Crippen MR) is 126 cm³/mol. The molecule has 1 saturated carbocycles. The van der Waals surface area contributed by atoms with Gasteiger partial charge in [-0.3, -0.25) is 9.59 Å². The number of carbonyl (C=O) groups is 2. The van der Waals surface area contributed by atoms with Crippen LogP contribution in [0.4, 0.5) is 4.39 Å². The van der Waals surface area contributed by atoms with Crippen LogP contribution in [0.25, 0.3) is 0 Å². The summed E-state index contributed by atoms with van der Waals surface area (Å²) in [7, 11) is 0. The number of hydrogen-bond acceptors (Lipinski definition) is 3. The van der Waals surface area contributed by atoms with Crippen LogP contribution in [0.5, 0.6) is 5.75 Å². The standard InChI is InChI=1S/C27H33FN2O3/c1-2-16-29-17-7-8-18-30(26(31)20-10-9-11-21(28)19-20)23-13-4-6-15-25(23)33-24-14-5-3-12-22(24)27(29)32/h3,5,9-12,14,19,23,25H,2,4,6-8,13,15-18H2,1H3/t23-,25+/m1/s1. The Morgan fingerprint density at radius 2 is 1.82 bits per heavy atom. The van der Waals surface area contributed by atoms with Crippen molar-refractivity contribution in [2.24, 2.45) is 0 Å². The van der Waals surface area contributed by atoms with Crippen molar-refractivity contribution in [3.8, 4) is 5.75 Å². The van der Waals surface area contributed by atoms with Crippen LogP contribution >= 0.6 is 0 Å². The number of hydrogen-bond donors (Lipinski definition) is 0. The molecule has 6 heteroatoms. The monoisotopic (exact) mass is 452 g/mol. The van der Waals surface area contributed by atoms with Gasteiger partial charge in [0.25, 0.3) is 11.8 Å². The van der Waals surface area contributed by atoms with Crippen molar-refractivity contribution >= 4 is 11.8 Å².